The van der Waals surface area contributed by atoms with Gasteiger partial charge in [0.15, 0.2) is 0 Å². The maximum atomic E-state index is 6.09. The first-order valence-electron chi connectivity index (χ1n) is 16.8. The smallest absolute Gasteiger partial charge is 0.119 e. The third kappa shape index (κ3) is 5.57. The van der Waals surface area contributed by atoms with Crippen molar-refractivity contribution in [1.82, 2.24) is 4.90 Å². The Labute approximate surface area is 272 Å². The Hall–Kier alpha value is -4.86. The molecule has 1 aliphatic rings. The molecule has 0 spiro atoms. The second-order valence-electron chi connectivity index (χ2n) is 12.8. The molecule has 8 rings (SSSR count). The Balaban J connectivity index is 1.08. The van der Waals surface area contributed by atoms with Crippen molar-refractivity contribution >= 4 is 49.4 Å². The molecule has 0 aliphatic carbocycles. The minimum absolute atomic E-state index is 0.766. The van der Waals surface area contributed by atoms with E-state index >= 15 is 0 Å². The van der Waals surface area contributed by atoms with Gasteiger partial charge in [0.2, 0.25) is 0 Å². The summed E-state index contributed by atoms with van der Waals surface area (Å²) >= 11 is 0. The first-order valence-corrected chi connectivity index (χ1v) is 16.8. The van der Waals surface area contributed by atoms with Crippen molar-refractivity contribution in [2.75, 3.05) is 31.1 Å². The fourth-order valence-electron chi connectivity index (χ4n) is 7.24. The van der Waals surface area contributed by atoms with E-state index in [0.29, 0.717) is 0 Å². The van der Waals surface area contributed by atoms with Crippen molar-refractivity contribution in [1.29, 1.82) is 0 Å². The first-order chi connectivity index (χ1) is 22.7. The lowest BCUT2D eigenvalue weighted by Gasteiger charge is -2.28. The number of benzene rings is 7. The minimum Gasteiger partial charge on any atom is -0.494 e. The van der Waals surface area contributed by atoms with Crippen LogP contribution in [-0.4, -0.2) is 31.1 Å². The van der Waals surface area contributed by atoms with Crippen molar-refractivity contribution < 1.29 is 4.74 Å². The molecule has 1 fully saturated rings. The van der Waals surface area contributed by atoms with Crippen molar-refractivity contribution in [3.63, 3.8) is 0 Å². The Kier molecular flexibility index (Phi) is 7.77. The number of anilines is 3. The van der Waals surface area contributed by atoms with Crippen LogP contribution in [0.15, 0.2) is 127 Å². The summed E-state index contributed by atoms with van der Waals surface area (Å²) in [6, 6.07) is 46.6. The van der Waals surface area contributed by atoms with Gasteiger partial charge >= 0.3 is 0 Å². The van der Waals surface area contributed by atoms with Crippen LogP contribution >= 0.6 is 0 Å². The monoisotopic (exact) mass is 600 g/mol. The van der Waals surface area contributed by atoms with Crippen LogP contribution in [0.2, 0.25) is 0 Å². The van der Waals surface area contributed by atoms with Gasteiger partial charge in [-0.2, -0.15) is 0 Å². The van der Waals surface area contributed by atoms with Gasteiger partial charge in [-0.25, -0.2) is 0 Å². The van der Waals surface area contributed by atoms with Gasteiger partial charge in [-0.05, 0) is 120 Å². The second kappa shape index (κ2) is 12.5. The lowest BCUT2D eigenvalue weighted by molar-refractivity contribution is 0.205. The highest BCUT2D eigenvalue weighted by atomic mass is 16.5. The van der Waals surface area contributed by atoms with Crippen molar-refractivity contribution in [3.05, 3.63) is 133 Å². The highest BCUT2D eigenvalue weighted by molar-refractivity contribution is 6.25. The maximum absolute atomic E-state index is 6.09. The molecule has 0 radical (unpaired) electrons. The molecule has 3 nitrogen and oxygen atoms in total. The number of nitrogens with zero attached hydrogens (tertiary/aromatic N) is 2. The van der Waals surface area contributed by atoms with E-state index in [9.17, 15) is 0 Å². The predicted molar refractivity (Wildman–Crippen MR) is 195 cm³/mol. The Morgan fingerprint density at radius 1 is 0.587 bits per heavy atom. The van der Waals surface area contributed by atoms with Crippen molar-refractivity contribution in [3.8, 4) is 16.9 Å². The molecular weight excluding hydrogens is 560 g/mol. The van der Waals surface area contributed by atoms with Gasteiger partial charge < -0.3 is 14.5 Å². The molecule has 7 aromatic carbocycles. The molecule has 0 bridgehead atoms. The molecule has 46 heavy (non-hydrogen) atoms. The lowest BCUT2D eigenvalue weighted by Crippen LogP contribution is -2.31. The van der Waals surface area contributed by atoms with E-state index in [2.05, 4.69) is 144 Å². The topological polar surface area (TPSA) is 15.7 Å². The molecule has 0 amide bonds. The molecule has 0 aromatic heterocycles. The molecule has 0 unspecified atom stereocenters. The average molecular weight is 601 g/mol. The maximum Gasteiger partial charge on any atom is 0.119 e. The third-order valence-corrected chi connectivity index (χ3v) is 9.69. The van der Waals surface area contributed by atoms with Crippen molar-refractivity contribution in [2.45, 2.75) is 32.6 Å². The highest BCUT2D eigenvalue weighted by Gasteiger charge is 2.18. The quantitative estimate of drug-likeness (QED) is 0.121. The zero-order valence-electron chi connectivity index (χ0n) is 26.6. The second-order valence-corrected chi connectivity index (χ2v) is 12.8. The van der Waals surface area contributed by atoms with Crippen molar-refractivity contribution in [2.24, 2.45) is 0 Å². The van der Waals surface area contributed by atoms with Crippen LogP contribution in [0, 0.1) is 6.92 Å². The highest BCUT2D eigenvalue weighted by Crippen LogP contribution is 2.44. The van der Waals surface area contributed by atoms with E-state index in [1.165, 1.54) is 87.0 Å². The van der Waals surface area contributed by atoms with Crippen LogP contribution in [0.1, 0.15) is 31.2 Å². The molecule has 1 heterocycles. The SMILES string of the molecule is Cc1ccc(N(c2ccc(-c3ccc(OCCCN4CCCCC4)cc3)cc2)c2ccc3ccc4cccc5ccc2c3c45)cc1. The van der Waals surface area contributed by atoms with E-state index < -0.39 is 0 Å². The summed E-state index contributed by atoms with van der Waals surface area (Å²) in [5, 5.41) is 7.78. The van der Waals surface area contributed by atoms with E-state index in [1.807, 2.05) is 0 Å². The number of ether oxygens (including phenoxy) is 1. The molecular formula is C43H40N2O. The minimum atomic E-state index is 0.766. The van der Waals surface area contributed by atoms with Gasteiger partial charge in [-0.15, -0.1) is 0 Å². The Bertz CT molecular complexity index is 2060. The van der Waals surface area contributed by atoms with Crippen LogP contribution in [0.3, 0.4) is 0 Å². The normalized spacial score (nSPS) is 13.9. The Morgan fingerprint density at radius 2 is 1.17 bits per heavy atom. The summed E-state index contributed by atoms with van der Waals surface area (Å²) in [5.74, 6) is 0.943. The number of hydrogen-bond donors (Lipinski definition) is 0. The molecule has 3 heteroatoms. The molecule has 0 saturated carbocycles. The van der Waals surface area contributed by atoms with Crippen LogP contribution in [0.4, 0.5) is 17.1 Å². The fourth-order valence-corrected chi connectivity index (χ4v) is 7.24. The molecule has 7 aromatic rings. The standard InChI is InChI=1S/C43H40N2O/c1-31-9-19-37(20-10-31)45(41-26-18-36-12-11-34-7-5-8-35-17-25-40(41)43(36)42(34)35)38-21-13-32(14-22-38)33-15-23-39(24-16-33)46-30-6-29-44-27-3-2-4-28-44/h5,7-26H,2-4,6,27-30H2,1H3. The fraction of sp³-hybridized carbons (Fsp3) is 0.209. The molecule has 228 valence electrons. The van der Waals surface area contributed by atoms with Gasteiger partial charge in [0.1, 0.15) is 5.75 Å². The molecule has 0 atom stereocenters. The van der Waals surface area contributed by atoms with Crippen LogP contribution < -0.4 is 9.64 Å². The van der Waals surface area contributed by atoms with E-state index in [4.69, 9.17) is 4.74 Å². The Morgan fingerprint density at radius 3 is 1.87 bits per heavy atom. The lowest BCUT2D eigenvalue weighted by atomic mass is 9.93. The van der Waals surface area contributed by atoms with Crippen LogP contribution in [0.5, 0.6) is 5.75 Å². The number of likely N-dealkylation sites (tertiary alicyclic amines) is 1. The zero-order chi connectivity index (χ0) is 30.9. The molecule has 1 saturated heterocycles. The summed E-state index contributed by atoms with van der Waals surface area (Å²) in [5.41, 5.74) is 7.11. The van der Waals surface area contributed by atoms with Gasteiger partial charge in [-0.3, -0.25) is 0 Å². The van der Waals surface area contributed by atoms with Crippen LogP contribution in [0.25, 0.3) is 43.4 Å². The van der Waals surface area contributed by atoms with Crippen LogP contribution in [-0.2, 0) is 0 Å². The summed E-state index contributed by atoms with van der Waals surface area (Å²) in [6.45, 7) is 6.54. The first kappa shape index (κ1) is 28.6. The van der Waals surface area contributed by atoms with E-state index in [0.717, 1.165) is 36.7 Å². The number of rotatable bonds is 9. The predicted octanol–water partition coefficient (Wildman–Crippen LogP) is 11.3. The molecule has 1 aliphatic heterocycles. The van der Waals surface area contributed by atoms with E-state index in [1.54, 1.807) is 0 Å². The summed E-state index contributed by atoms with van der Waals surface area (Å²) < 4.78 is 6.09. The number of aryl methyl sites for hydroxylation is 1. The average Bonchev–Trinajstić information content (AvgIpc) is 3.11. The molecule has 0 N–H and O–H groups in total. The summed E-state index contributed by atoms with van der Waals surface area (Å²) in [4.78, 5) is 4.97. The third-order valence-electron chi connectivity index (χ3n) is 9.69. The largest absolute Gasteiger partial charge is 0.494 e. The van der Waals surface area contributed by atoms with Gasteiger partial charge in [0.05, 0.1) is 12.3 Å². The summed E-state index contributed by atoms with van der Waals surface area (Å²) in [7, 11) is 0. The zero-order valence-corrected chi connectivity index (χ0v) is 26.6. The van der Waals surface area contributed by atoms with Gasteiger partial charge in [0.25, 0.3) is 0 Å². The van der Waals surface area contributed by atoms with Gasteiger partial charge in [-0.1, -0.05) is 96.9 Å². The van der Waals surface area contributed by atoms with E-state index in [-0.39, 0.29) is 0 Å². The number of hydrogen-bond acceptors (Lipinski definition) is 3. The summed E-state index contributed by atoms with van der Waals surface area (Å²) in [6.07, 6.45) is 5.14. The number of piperidine rings is 1. The van der Waals surface area contributed by atoms with Gasteiger partial charge in [0, 0.05) is 23.3 Å².